The number of hydrogen-bond acceptors (Lipinski definition) is 4. The lowest BCUT2D eigenvalue weighted by atomic mass is 10.1. The molecule has 2 aromatic carbocycles. The Morgan fingerprint density at radius 2 is 2.10 bits per heavy atom. The quantitative estimate of drug-likeness (QED) is 0.672. The predicted molar refractivity (Wildman–Crippen MR) is 79.5 cm³/mol. The van der Waals surface area contributed by atoms with Crippen LogP contribution in [0.1, 0.15) is 24.2 Å². The van der Waals surface area contributed by atoms with Crippen LogP contribution in [-0.4, -0.2) is 10.0 Å². The summed E-state index contributed by atoms with van der Waals surface area (Å²) in [4.78, 5) is 10.1. The maximum Gasteiger partial charge on any atom is 0.270 e. The van der Waals surface area contributed by atoms with Gasteiger partial charge in [-0.1, -0.05) is 23.7 Å². The molecule has 0 aliphatic heterocycles. The molecule has 1 N–H and O–H groups in total. The first-order chi connectivity index (χ1) is 9.97. The molecule has 2 aromatic rings. The molecule has 6 heteroatoms. The third-order valence-corrected chi connectivity index (χ3v) is 3.33. The first kappa shape index (κ1) is 15.3. The van der Waals surface area contributed by atoms with Crippen molar-refractivity contribution >= 4 is 17.3 Å². The van der Waals surface area contributed by atoms with Crippen LogP contribution >= 0.6 is 11.6 Å². The first-order valence-electron chi connectivity index (χ1n) is 6.31. The van der Waals surface area contributed by atoms with Gasteiger partial charge in [0, 0.05) is 17.7 Å². The molecule has 0 bridgehead atoms. The van der Waals surface area contributed by atoms with Crippen molar-refractivity contribution in [2.45, 2.75) is 19.6 Å². The summed E-state index contributed by atoms with van der Waals surface area (Å²) >= 11 is 6.00. The summed E-state index contributed by atoms with van der Waals surface area (Å²) in [5.74, 6) is 0.600. The van der Waals surface area contributed by atoms with E-state index in [4.69, 9.17) is 16.3 Å². The number of nitro groups is 1. The van der Waals surface area contributed by atoms with Gasteiger partial charge >= 0.3 is 0 Å². The van der Waals surface area contributed by atoms with E-state index in [-0.39, 0.29) is 17.3 Å². The summed E-state index contributed by atoms with van der Waals surface area (Å²) in [5.41, 5.74) is 1.35. The first-order valence-corrected chi connectivity index (χ1v) is 6.69. The van der Waals surface area contributed by atoms with Crippen LogP contribution in [0, 0.1) is 10.1 Å². The molecule has 2 rings (SSSR count). The molecule has 0 spiro atoms. The molecule has 0 amide bonds. The number of aliphatic hydroxyl groups is 1. The number of nitro benzene ring substituents is 1. The van der Waals surface area contributed by atoms with Crippen LogP contribution in [0.5, 0.6) is 5.75 Å². The normalized spacial score (nSPS) is 12.0. The summed E-state index contributed by atoms with van der Waals surface area (Å²) in [5, 5.41) is 20.4. The number of hydrogen-bond donors (Lipinski definition) is 1. The molecule has 0 fully saturated rings. The van der Waals surface area contributed by atoms with E-state index < -0.39 is 11.0 Å². The van der Waals surface area contributed by atoms with Crippen LogP contribution < -0.4 is 4.74 Å². The van der Waals surface area contributed by atoms with Gasteiger partial charge in [0.05, 0.1) is 16.0 Å². The van der Waals surface area contributed by atoms with Crippen LogP contribution in [0.3, 0.4) is 0 Å². The SMILES string of the molecule is CC(O)c1cccc(OCc2ccc([N+](=O)[O-])cc2Cl)c1. The van der Waals surface area contributed by atoms with E-state index >= 15 is 0 Å². The highest BCUT2D eigenvalue weighted by atomic mass is 35.5. The fraction of sp³-hybridized carbons (Fsp3) is 0.200. The molecular weight excluding hydrogens is 294 g/mol. The number of rotatable bonds is 5. The minimum atomic E-state index is -0.573. The second kappa shape index (κ2) is 6.56. The molecule has 5 nitrogen and oxygen atoms in total. The Kier molecular flexibility index (Phi) is 4.77. The minimum Gasteiger partial charge on any atom is -0.489 e. The molecule has 110 valence electrons. The fourth-order valence-electron chi connectivity index (χ4n) is 1.79. The molecule has 0 aromatic heterocycles. The number of ether oxygens (including phenoxy) is 1. The Balaban J connectivity index is 2.09. The molecule has 1 atom stereocenters. The van der Waals surface area contributed by atoms with E-state index in [9.17, 15) is 15.2 Å². The number of nitrogens with zero attached hydrogens (tertiary/aromatic N) is 1. The number of benzene rings is 2. The van der Waals surface area contributed by atoms with E-state index in [0.29, 0.717) is 11.3 Å². The summed E-state index contributed by atoms with van der Waals surface area (Å²) in [6.07, 6.45) is -0.573. The molecule has 0 radical (unpaired) electrons. The molecule has 0 aliphatic carbocycles. The maximum atomic E-state index is 10.6. The highest BCUT2D eigenvalue weighted by Crippen LogP contribution is 2.25. The Morgan fingerprint density at radius 1 is 1.33 bits per heavy atom. The summed E-state index contributed by atoms with van der Waals surface area (Å²) < 4.78 is 5.60. The van der Waals surface area contributed by atoms with Crippen molar-refractivity contribution in [3.8, 4) is 5.75 Å². The second-order valence-corrected chi connectivity index (χ2v) is 4.98. The van der Waals surface area contributed by atoms with E-state index in [2.05, 4.69) is 0 Å². The predicted octanol–water partition coefficient (Wildman–Crippen LogP) is 3.88. The van der Waals surface area contributed by atoms with Crippen molar-refractivity contribution in [2.75, 3.05) is 0 Å². The van der Waals surface area contributed by atoms with Gasteiger partial charge in [-0.2, -0.15) is 0 Å². The molecule has 0 aliphatic rings. The Hall–Kier alpha value is -2.11. The summed E-state index contributed by atoms with van der Waals surface area (Å²) in [6, 6.07) is 11.3. The third-order valence-electron chi connectivity index (χ3n) is 2.98. The van der Waals surface area contributed by atoms with E-state index in [1.165, 1.54) is 12.1 Å². The number of non-ortho nitro benzene ring substituents is 1. The van der Waals surface area contributed by atoms with Crippen molar-refractivity contribution in [2.24, 2.45) is 0 Å². The smallest absolute Gasteiger partial charge is 0.270 e. The standard InChI is InChI=1S/C15H14ClNO4/c1-10(18)11-3-2-4-14(7-11)21-9-12-5-6-13(17(19)20)8-15(12)16/h2-8,10,18H,9H2,1H3. The van der Waals surface area contributed by atoms with Gasteiger partial charge in [0.2, 0.25) is 0 Å². The van der Waals surface area contributed by atoms with Crippen LogP contribution in [0.25, 0.3) is 0 Å². The lowest BCUT2D eigenvalue weighted by Gasteiger charge is -2.10. The Bertz CT molecular complexity index is 658. The molecule has 0 saturated carbocycles. The van der Waals surface area contributed by atoms with Crippen molar-refractivity contribution in [1.29, 1.82) is 0 Å². The largest absolute Gasteiger partial charge is 0.489 e. The van der Waals surface area contributed by atoms with Gasteiger partial charge in [0.15, 0.2) is 0 Å². The van der Waals surface area contributed by atoms with Gasteiger partial charge in [0.1, 0.15) is 12.4 Å². The van der Waals surface area contributed by atoms with Crippen molar-refractivity contribution < 1.29 is 14.8 Å². The lowest BCUT2D eigenvalue weighted by molar-refractivity contribution is -0.384. The zero-order valence-corrected chi connectivity index (χ0v) is 12.1. The number of aliphatic hydroxyl groups excluding tert-OH is 1. The van der Waals surface area contributed by atoms with E-state index in [1.807, 2.05) is 0 Å². The van der Waals surface area contributed by atoms with Crippen LogP contribution in [0.2, 0.25) is 5.02 Å². The Morgan fingerprint density at radius 3 is 2.71 bits per heavy atom. The average molecular weight is 308 g/mol. The summed E-state index contributed by atoms with van der Waals surface area (Å²) in [7, 11) is 0. The Labute approximate surface area is 126 Å². The van der Waals surface area contributed by atoms with Gasteiger partial charge in [-0.3, -0.25) is 10.1 Å². The van der Waals surface area contributed by atoms with Crippen molar-refractivity contribution in [1.82, 2.24) is 0 Å². The molecule has 0 saturated heterocycles. The molecule has 1 unspecified atom stereocenters. The van der Waals surface area contributed by atoms with E-state index in [0.717, 1.165) is 5.56 Å². The van der Waals surface area contributed by atoms with E-state index in [1.54, 1.807) is 37.3 Å². The zero-order chi connectivity index (χ0) is 15.4. The minimum absolute atomic E-state index is 0.0557. The third kappa shape index (κ3) is 3.93. The van der Waals surface area contributed by atoms with Crippen LogP contribution in [-0.2, 0) is 6.61 Å². The lowest BCUT2D eigenvalue weighted by Crippen LogP contribution is -1.98. The van der Waals surface area contributed by atoms with Gasteiger partial charge in [0.25, 0.3) is 5.69 Å². The van der Waals surface area contributed by atoms with Gasteiger partial charge in [-0.25, -0.2) is 0 Å². The van der Waals surface area contributed by atoms with Gasteiger partial charge in [-0.05, 0) is 30.7 Å². The van der Waals surface area contributed by atoms with Crippen LogP contribution in [0.4, 0.5) is 5.69 Å². The highest BCUT2D eigenvalue weighted by Gasteiger charge is 2.10. The second-order valence-electron chi connectivity index (χ2n) is 4.57. The number of halogens is 1. The maximum absolute atomic E-state index is 10.6. The topological polar surface area (TPSA) is 72.6 Å². The zero-order valence-electron chi connectivity index (χ0n) is 11.3. The molecule has 21 heavy (non-hydrogen) atoms. The van der Waals surface area contributed by atoms with Crippen molar-refractivity contribution in [3.63, 3.8) is 0 Å². The summed E-state index contributed by atoms with van der Waals surface area (Å²) in [6.45, 7) is 1.87. The highest BCUT2D eigenvalue weighted by molar-refractivity contribution is 6.31. The van der Waals surface area contributed by atoms with Gasteiger partial charge < -0.3 is 9.84 Å². The van der Waals surface area contributed by atoms with Crippen molar-refractivity contribution in [3.05, 3.63) is 68.7 Å². The van der Waals surface area contributed by atoms with Gasteiger partial charge in [-0.15, -0.1) is 0 Å². The average Bonchev–Trinajstić information content (AvgIpc) is 2.46. The van der Waals surface area contributed by atoms with Crippen LogP contribution in [0.15, 0.2) is 42.5 Å². The molecular formula is C15H14ClNO4. The fourth-order valence-corrected chi connectivity index (χ4v) is 2.02. The molecule has 0 heterocycles. The monoisotopic (exact) mass is 307 g/mol.